The Kier molecular flexibility index (Phi) is 4.36. The summed E-state index contributed by atoms with van der Waals surface area (Å²) in [5, 5.41) is 0. The van der Waals surface area contributed by atoms with Gasteiger partial charge in [0.25, 0.3) is 0 Å². The van der Waals surface area contributed by atoms with Crippen LogP contribution in [0.5, 0.6) is 0 Å². The predicted molar refractivity (Wildman–Crippen MR) is 75.2 cm³/mol. The van der Waals surface area contributed by atoms with Crippen LogP contribution in [0.2, 0.25) is 0 Å². The summed E-state index contributed by atoms with van der Waals surface area (Å²) in [6, 6.07) is 4.34. The third kappa shape index (κ3) is 3.18. The first-order valence-electron chi connectivity index (χ1n) is 5.70. The van der Waals surface area contributed by atoms with Crippen LogP contribution in [0.4, 0.5) is 0 Å². The molecular weight excluding hydrogens is 298 g/mol. The zero-order chi connectivity index (χ0) is 12.3. The van der Waals surface area contributed by atoms with Crippen LogP contribution < -0.4 is 5.73 Å². The first kappa shape index (κ1) is 12.8. The summed E-state index contributed by atoms with van der Waals surface area (Å²) in [4.78, 5) is 5.56. The Morgan fingerprint density at radius 3 is 3.00 bits per heavy atom. The second-order valence-corrected chi connectivity index (χ2v) is 6.53. The average Bonchev–Trinajstić information content (AvgIpc) is 2.94. The van der Waals surface area contributed by atoms with Crippen molar-refractivity contribution in [1.82, 2.24) is 9.55 Å². The van der Waals surface area contributed by atoms with Crippen LogP contribution in [0.25, 0.3) is 0 Å². The van der Waals surface area contributed by atoms with Gasteiger partial charge in [0.2, 0.25) is 0 Å². The van der Waals surface area contributed by atoms with Gasteiger partial charge in [-0.3, -0.25) is 0 Å². The van der Waals surface area contributed by atoms with Gasteiger partial charge in [0.15, 0.2) is 0 Å². The second-order valence-electron chi connectivity index (χ2n) is 3.98. The molecule has 0 aromatic carbocycles. The van der Waals surface area contributed by atoms with Crippen molar-refractivity contribution >= 4 is 27.3 Å². The van der Waals surface area contributed by atoms with Crippen molar-refractivity contribution in [2.24, 2.45) is 5.73 Å². The molecule has 5 heteroatoms. The average molecular weight is 314 g/mol. The molecule has 0 aliphatic carbocycles. The van der Waals surface area contributed by atoms with Crippen LogP contribution in [0.1, 0.15) is 30.0 Å². The molecule has 0 unspecified atom stereocenters. The number of aromatic nitrogens is 2. The molecule has 0 saturated heterocycles. The highest BCUT2D eigenvalue weighted by atomic mass is 79.9. The Morgan fingerprint density at radius 2 is 2.35 bits per heavy atom. The molecule has 0 aliphatic heterocycles. The number of nitrogens with two attached hydrogens (primary N) is 1. The Labute approximate surface area is 114 Å². The molecule has 2 rings (SSSR count). The van der Waals surface area contributed by atoms with E-state index in [0.717, 1.165) is 25.1 Å². The number of nitrogens with zero attached hydrogens (tertiary/aromatic N) is 2. The molecule has 92 valence electrons. The molecule has 0 fully saturated rings. The van der Waals surface area contributed by atoms with E-state index in [4.69, 9.17) is 5.73 Å². The number of hydrogen-bond donors (Lipinski definition) is 1. The Morgan fingerprint density at radius 1 is 1.53 bits per heavy atom. The van der Waals surface area contributed by atoms with Crippen LogP contribution in [0.15, 0.2) is 28.4 Å². The molecule has 0 saturated carbocycles. The van der Waals surface area contributed by atoms with E-state index in [9.17, 15) is 0 Å². The highest BCUT2D eigenvalue weighted by Gasteiger charge is 2.09. The molecule has 0 amide bonds. The van der Waals surface area contributed by atoms with E-state index in [1.165, 1.54) is 8.66 Å². The van der Waals surface area contributed by atoms with Crippen molar-refractivity contribution in [3.8, 4) is 0 Å². The standard InChI is InChI=1S/C12H16BrN3S/c1-2-10(14)11-7-15-8-16(11)6-5-9-3-4-12(13)17-9/h3-4,7-8,10H,2,5-6,14H2,1H3/t10-/m1/s1. The van der Waals surface area contributed by atoms with Gasteiger partial charge in [0, 0.05) is 23.7 Å². The van der Waals surface area contributed by atoms with Gasteiger partial charge in [-0.15, -0.1) is 11.3 Å². The van der Waals surface area contributed by atoms with E-state index in [0.29, 0.717) is 0 Å². The number of thiophene rings is 1. The summed E-state index contributed by atoms with van der Waals surface area (Å²) < 4.78 is 3.34. The fourth-order valence-corrected chi connectivity index (χ4v) is 3.22. The summed E-state index contributed by atoms with van der Waals surface area (Å²) in [7, 11) is 0. The molecule has 2 N–H and O–H groups in total. The van der Waals surface area contributed by atoms with Gasteiger partial charge in [-0.25, -0.2) is 4.98 Å². The SMILES string of the molecule is CC[C@@H](N)c1cncn1CCc1ccc(Br)s1. The maximum atomic E-state index is 6.05. The van der Waals surface area contributed by atoms with Crippen LogP contribution in [-0.2, 0) is 13.0 Å². The van der Waals surface area contributed by atoms with Crippen LogP contribution >= 0.6 is 27.3 Å². The fourth-order valence-electron chi connectivity index (χ4n) is 1.75. The minimum absolute atomic E-state index is 0.0903. The molecule has 0 bridgehead atoms. The molecule has 3 nitrogen and oxygen atoms in total. The van der Waals surface area contributed by atoms with Crippen LogP contribution in [0, 0.1) is 0 Å². The van der Waals surface area contributed by atoms with E-state index in [1.54, 1.807) is 11.3 Å². The number of imidazole rings is 1. The maximum Gasteiger partial charge on any atom is 0.0948 e. The van der Waals surface area contributed by atoms with Gasteiger partial charge in [0.1, 0.15) is 0 Å². The van der Waals surface area contributed by atoms with E-state index in [1.807, 2.05) is 12.5 Å². The van der Waals surface area contributed by atoms with Gasteiger partial charge in [-0.05, 0) is 40.9 Å². The Bertz CT molecular complexity index is 478. The molecule has 17 heavy (non-hydrogen) atoms. The summed E-state index contributed by atoms with van der Waals surface area (Å²) in [6.45, 7) is 3.04. The molecule has 0 aliphatic rings. The third-order valence-electron chi connectivity index (χ3n) is 2.79. The van der Waals surface area contributed by atoms with Gasteiger partial charge in [0.05, 0.1) is 15.8 Å². The summed E-state index contributed by atoms with van der Waals surface area (Å²) in [5.41, 5.74) is 7.17. The van der Waals surface area contributed by atoms with Crippen molar-refractivity contribution in [2.75, 3.05) is 0 Å². The lowest BCUT2D eigenvalue weighted by Gasteiger charge is -2.12. The third-order valence-corrected chi connectivity index (χ3v) is 4.48. The van der Waals surface area contributed by atoms with Crippen molar-refractivity contribution in [3.05, 3.63) is 39.0 Å². The summed E-state index contributed by atoms with van der Waals surface area (Å²) in [5.74, 6) is 0. The Balaban J connectivity index is 2.01. The normalized spacial score (nSPS) is 12.9. The maximum absolute atomic E-state index is 6.05. The van der Waals surface area contributed by atoms with E-state index in [2.05, 4.69) is 44.5 Å². The van der Waals surface area contributed by atoms with E-state index in [-0.39, 0.29) is 6.04 Å². The van der Waals surface area contributed by atoms with Gasteiger partial charge in [-0.1, -0.05) is 6.92 Å². The molecule has 2 aromatic heterocycles. The summed E-state index contributed by atoms with van der Waals surface area (Å²) >= 11 is 5.26. The quantitative estimate of drug-likeness (QED) is 0.919. The largest absolute Gasteiger partial charge is 0.333 e. The predicted octanol–water partition coefficient (Wildman–Crippen LogP) is 3.36. The molecule has 2 heterocycles. The first-order chi connectivity index (χ1) is 8.20. The van der Waals surface area contributed by atoms with E-state index >= 15 is 0 Å². The summed E-state index contributed by atoms with van der Waals surface area (Å²) in [6.07, 6.45) is 5.71. The zero-order valence-corrected chi connectivity index (χ0v) is 12.2. The van der Waals surface area contributed by atoms with Crippen molar-refractivity contribution in [1.29, 1.82) is 0 Å². The molecular formula is C12H16BrN3S. The lowest BCUT2D eigenvalue weighted by Crippen LogP contribution is -2.14. The van der Waals surface area contributed by atoms with Gasteiger partial charge in [-0.2, -0.15) is 0 Å². The molecule has 2 aromatic rings. The monoisotopic (exact) mass is 313 g/mol. The Hall–Kier alpha value is -0.650. The highest BCUT2D eigenvalue weighted by molar-refractivity contribution is 9.11. The topological polar surface area (TPSA) is 43.8 Å². The number of rotatable bonds is 5. The zero-order valence-electron chi connectivity index (χ0n) is 9.77. The highest BCUT2D eigenvalue weighted by Crippen LogP contribution is 2.23. The van der Waals surface area contributed by atoms with Crippen molar-refractivity contribution in [3.63, 3.8) is 0 Å². The number of halogens is 1. The molecule has 0 spiro atoms. The van der Waals surface area contributed by atoms with Crippen molar-refractivity contribution in [2.45, 2.75) is 32.4 Å². The minimum atomic E-state index is 0.0903. The van der Waals surface area contributed by atoms with Gasteiger partial charge >= 0.3 is 0 Å². The lowest BCUT2D eigenvalue weighted by atomic mass is 10.2. The number of aryl methyl sites for hydroxylation is 2. The van der Waals surface area contributed by atoms with Crippen molar-refractivity contribution < 1.29 is 0 Å². The second kappa shape index (κ2) is 5.80. The van der Waals surface area contributed by atoms with Crippen LogP contribution in [0.3, 0.4) is 0 Å². The fraction of sp³-hybridized carbons (Fsp3) is 0.417. The smallest absolute Gasteiger partial charge is 0.0948 e. The lowest BCUT2D eigenvalue weighted by molar-refractivity contribution is 0.590. The number of hydrogen-bond acceptors (Lipinski definition) is 3. The van der Waals surface area contributed by atoms with Crippen LogP contribution in [-0.4, -0.2) is 9.55 Å². The van der Waals surface area contributed by atoms with E-state index < -0.39 is 0 Å². The molecule has 0 radical (unpaired) electrons. The molecule has 1 atom stereocenters. The minimum Gasteiger partial charge on any atom is -0.333 e. The first-order valence-corrected chi connectivity index (χ1v) is 7.31. The van der Waals surface area contributed by atoms with Gasteiger partial charge < -0.3 is 10.3 Å².